The summed E-state index contributed by atoms with van der Waals surface area (Å²) < 4.78 is 4.98. The highest BCUT2D eigenvalue weighted by molar-refractivity contribution is 6.36. The number of primary amides is 1. The number of imide groups is 1. The number of amides is 4. The van der Waals surface area contributed by atoms with Crippen molar-refractivity contribution in [2.24, 2.45) is 11.7 Å². The number of ether oxygens (including phenoxy) is 1. The zero-order chi connectivity index (χ0) is 19.1. The van der Waals surface area contributed by atoms with Crippen LogP contribution in [0.3, 0.4) is 0 Å². The Morgan fingerprint density at radius 3 is 2.36 bits per heavy atom. The van der Waals surface area contributed by atoms with Gasteiger partial charge in [-0.2, -0.15) is 0 Å². The molecule has 0 radical (unpaired) electrons. The Kier molecular flexibility index (Phi) is 7.66. The van der Waals surface area contributed by atoms with E-state index in [0.29, 0.717) is 5.02 Å². The highest BCUT2D eigenvalue weighted by atomic mass is 35.5. The molecule has 1 aromatic carbocycles. The summed E-state index contributed by atoms with van der Waals surface area (Å²) in [6.07, 6.45) is -1.23. The Labute approximate surface area is 154 Å². The molecule has 0 saturated carbocycles. The van der Waals surface area contributed by atoms with Crippen molar-refractivity contribution in [3.63, 3.8) is 0 Å². The van der Waals surface area contributed by atoms with Crippen LogP contribution in [0.1, 0.15) is 24.2 Å². The van der Waals surface area contributed by atoms with Crippen LogP contribution in [-0.4, -0.2) is 36.5 Å². The molecule has 0 saturated heterocycles. The number of halogens is 2. The smallest absolute Gasteiger partial charge is 0.326 e. The maximum absolute atomic E-state index is 12.0. The van der Waals surface area contributed by atoms with Crippen LogP contribution in [0.25, 0.3) is 0 Å². The highest BCUT2D eigenvalue weighted by Gasteiger charge is 2.27. The molecule has 10 heteroatoms. The Balaban J connectivity index is 2.64. The minimum Gasteiger partial charge on any atom is -0.451 e. The summed E-state index contributed by atoms with van der Waals surface area (Å²) in [5, 5.41) is 4.64. The molecule has 136 valence electrons. The maximum atomic E-state index is 12.0. The first kappa shape index (κ1) is 20.7. The molecule has 0 aliphatic heterocycles. The van der Waals surface area contributed by atoms with Gasteiger partial charge in [0.2, 0.25) is 0 Å². The van der Waals surface area contributed by atoms with Gasteiger partial charge in [-0.15, -0.1) is 0 Å². The number of esters is 1. The molecule has 0 unspecified atom stereocenters. The van der Waals surface area contributed by atoms with Gasteiger partial charge < -0.3 is 15.8 Å². The summed E-state index contributed by atoms with van der Waals surface area (Å²) in [5.74, 6) is -2.73. The van der Waals surface area contributed by atoms with Crippen LogP contribution in [0, 0.1) is 5.92 Å². The minimum atomic E-state index is -1.23. The van der Waals surface area contributed by atoms with Crippen LogP contribution < -0.4 is 16.4 Å². The highest BCUT2D eigenvalue weighted by Crippen LogP contribution is 2.20. The van der Waals surface area contributed by atoms with Gasteiger partial charge in [0, 0.05) is 5.02 Å². The first-order valence-electron chi connectivity index (χ1n) is 7.14. The third kappa shape index (κ3) is 6.60. The lowest BCUT2D eigenvalue weighted by atomic mass is 10.1. The molecule has 0 aliphatic carbocycles. The number of nitrogens with one attached hydrogen (secondary N) is 2. The fourth-order valence-electron chi connectivity index (χ4n) is 1.79. The number of hydrogen-bond acceptors (Lipinski definition) is 5. The fraction of sp³-hybridized carbons (Fsp3) is 0.333. The third-order valence-electron chi connectivity index (χ3n) is 2.94. The van der Waals surface area contributed by atoms with Crippen LogP contribution in [-0.2, 0) is 14.3 Å². The van der Waals surface area contributed by atoms with Crippen LogP contribution in [0.2, 0.25) is 10.0 Å². The van der Waals surface area contributed by atoms with Gasteiger partial charge in [-0.3, -0.25) is 19.7 Å². The van der Waals surface area contributed by atoms with Crippen molar-refractivity contribution in [2.75, 3.05) is 6.54 Å². The van der Waals surface area contributed by atoms with E-state index in [1.165, 1.54) is 18.2 Å². The summed E-state index contributed by atoms with van der Waals surface area (Å²) in [6, 6.07) is 3.21. The summed E-state index contributed by atoms with van der Waals surface area (Å²) in [5.41, 5.74) is 4.99. The molecule has 4 N–H and O–H groups in total. The predicted octanol–water partition coefficient (Wildman–Crippen LogP) is 1.49. The second-order valence-electron chi connectivity index (χ2n) is 5.31. The summed E-state index contributed by atoms with van der Waals surface area (Å²) in [7, 11) is 0. The Morgan fingerprint density at radius 1 is 1.20 bits per heavy atom. The second kappa shape index (κ2) is 9.24. The van der Waals surface area contributed by atoms with Crippen molar-refractivity contribution in [1.82, 2.24) is 10.6 Å². The monoisotopic (exact) mass is 389 g/mol. The molecule has 8 nitrogen and oxygen atoms in total. The number of rotatable bonds is 6. The van der Waals surface area contributed by atoms with E-state index in [2.05, 4.69) is 5.32 Å². The maximum Gasteiger partial charge on any atom is 0.326 e. The number of carbonyl (C=O) groups excluding carboxylic acids is 4. The topological polar surface area (TPSA) is 128 Å². The van der Waals surface area contributed by atoms with Crippen molar-refractivity contribution in [2.45, 2.75) is 20.0 Å². The van der Waals surface area contributed by atoms with Gasteiger partial charge in [0.05, 0.1) is 10.6 Å². The molecule has 1 aromatic rings. The molecule has 25 heavy (non-hydrogen) atoms. The SMILES string of the molecule is CC(C)[C@@H](OC(=O)CNC(=O)c1ccc(Cl)cc1Cl)C(=O)NC(N)=O. The first-order chi connectivity index (χ1) is 11.6. The molecule has 4 amide bonds. The van der Waals surface area contributed by atoms with E-state index in [1.807, 2.05) is 5.32 Å². The molecule has 1 rings (SSSR count). The van der Waals surface area contributed by atoms with Crippen molar-refractivity contribution in [3.05, 3.63) is 33.8 Å². The van der Waals surface area contributed by atoms with E-state index in [9.17, 15) is 19.2 Å². The van der Waals surface area contributed by atoms with Gasteiger partial charge in [-0.05, 0) is 24.1 Å². The average Bonchev–Trinajstić information content (AvgIpc) is 2.49. The number of nitrogens with two attached hydrogens (primary N) is 1. The van der Waals surface area contributed by atoms with Crippen molar-refractivity contribution >= 4 is 47.0 Å². The van der Waals surface area contributed by atoms with Gasteiger partial charge in [-0.25, -0.2) is 4.79 Å². The van der Waals surface area contributed by atoms with Gasteiger partial charge >= 0.3 is 12.0 Å². The zero-order valence-corrected chi connectivity index (χ0v) is 15.0. The van der Waals surface area contributed by atoms with Crippen molar-refractivity contribution in [1.29, 1.82) is 0 Å². The van der Waals surface area contributed by atoms with Crippen LogP contribution >= 0.6 is 23.2 Å². The third-order valence-corrected chi connectivity index (χ3v) is 3.49. The number of benzene rings is 1. The Bertz CT molecular complexity index is 694. The Hall–Kier alpha value is -2.32. The van der Waals surface area contributed by atoms with E-state index in [0.717, 1.165) is 0 Å². The normalized spacial score (nSPS) is 11.6. The summed E-state index contributed by atoms with van der Waals surface area (Å²) in [4.78, 5) is 46.3. The first-order valence-corrected chi connectivity index (χ1v) is 7.90. The number of hydrogen-bond donors (Lipinski definition) is 3. The number of urea groups is 1. The van der Waals surface area contributed by atoms with Gasteiger partial charge in [0.15, 0.2) is 6.10 Å². The van der Waals surface area contributed by atoms with E-state index >= 15 is 0 Å². The van der Waals surface area contributed by atoms with Crippen LogP contribution in [0.5, 0.6) is 0 Å². The largest absolute Gasteiger partial charge is 0.451 e. The molecule has 1 atom stereocenters. The molecular formula is C15H17Cl2N3O5. The van der Waals surface area contributed by atoms with E-state index in [-0.39, 0.29) is 10.6 Å². The zero-order valence-electron chi connectivity index (χ0n) is 13.5. The average molecular weight is 390 g/mol. The summed E-state index contributed by atoms with van der Waals surface area (Å²) >= 11 is 11.6. The predicted molar refractivity (Wildman–Crippen MR) is 91.2 cm³/mol. The molecule has 0 bridgehead atoms. The molecule has 0 spiro atoms. The van der Waals surface area contributed by atoms with E-state index in [1.54, 1.807) is 13.8 Å². The lowest BCUT2D eigenvalue weighted by molar-refractivity contribution is -0.157. The van der Waals surface area contributed by atoms with Crippen molar-refractivity contribution in [3.8, 4) is 0 Å². The Morgan fingerprint density at radius 2 is 1.84 bits per heavy atom. The standard InChI is InChI=1S/C15H17Cl2N3O5/c1-7(2)12(14(23)20-15(18)24)25-11(21)6-19-13(22)9-4-3-8(16)5-10(9)17/h3-5,7,12H,6H2,1-2H3,(H,19,22)(H3,18,20,23,24)/t12-/m1/s1. The lowest BCUT2D eigenvalue weighted by Gasteiger charge is -2.20. The van der Waals surface area contributed by atoms with Crippen molar-refractivity contribution < 1.29 is 23.9 Å². The van der Waals surface area contributed by atoms with E-state index in [4.69, 9.17) is 33.7 Å². The van der Waals surface area contributed by atoms with Gasteiger partial charge in [0.1, 0.15) is 6.54 Å². The van der Waals surface area contributed by atoms with Crippen LogP contribution in [0.4, 0.5) is 4.79 Å². The number of carbonyl (C=O) groups is 4. The molecule has 0 fully saturated rings. The molecule has 0 aromatic heterocycles. The fourth-order valence-corrected chi connectivity index (χ4v) is 2.28. The van der Waals surface area contributed by atoms with Gasteiger partial charge in [-0.1, -0.05) is 37.0 Å². The van der Waals surface area contributed by atoms with Crippen LogP contribution in [0.15, 0.2) is 18.2 Å². The van der Waals surface area contributed by atoms with Gasteiger partial charge in [0.25, 0.3) is 11.8 Å². The second-order valence-corrected chi connectivity index (χ2v) is 6.16. The lowest BCUT2D eigenvalue weighted by Crippen LogP contribution is -2.46. The molecule has 0 heterocycles. The van der Waals surface area contributed by atoms with E-state index < -0.39 is 42.4 Å². The molecular weight excluding hydrogens is 373 g/mol. The summed E-state index contributed by atoms with van der Waals surface area (Å²) in [6.45, 7) is 2.74. The molecule has 0 aliphatic rings. The quantitative estimate of drug-likeness (QED) is 0.634. The minimum absolute atomic E-state index is 0.124.